The first-order valence-corrected chi connectivity index (χ1v) is 6.63. The van der Waals surface area contributed by atoms with Crippen LogP contribution in [0.1, 0.15) is 25.7 Å². The molecular weight excluding hydrogens is 196 g/mol. The summed E-state index contributed by atoms with van der Waals surface area (Å²) in [6, 6.07) is 0.503. The van der Waals surface area contributed by atoms with Crippen molar-refractivity contribution in [3.63, 3.8) is 0 Å². The summed E-state index contributed by atoms with van der Waals surface area (Å²) in [6.07, 6.45) is 7.17. The minimum atomic E-state index is 0.289. The molecule has 2 unspecified atom stereocenters. The summed E-state index contributed by atoms with van der Waals surface area (Å²) in [4.78, 5) is 13.6. The van der Waals surface area contributed by atoms with Gasteiger partial charge in [-0.15, -0.1) is 0 Å². The van der Waals surface area contributed by atoms with Crippen LogP contribution in [0.25, 0.3) is 0 Å². The van der Waals surface area contributed by atoms with Gasteiger partial charge in [0.05, 0.1) is 13.2 Å². The van der Waals surface area contributed by atoms with E-state index in [1.165, 1.54) is 25.7 Å². The largest absolute Gasteiger partial charge is 0.326 e. The molecule has 2 atom stereocenters. The van der Waals surface area contributed by atoms with Gasteiger partial charge >= 0.3 is 0 Å². The fraction of sp³-hybridized carbons (Fsp3) is 0.900. The van der Waals surface area contributed by atoms with E-state index in [2.05, 4.69) is 11.6 Å². The van der Waals surface area contributed by atoms with Gasteiger partial charge in [0.2, 0.25) is 5.91 Å². The molecule has 0 aromatic rings. The van der Waals surface area contributed by atoms with Crippen molar-refractivity contribution in [1.29, 1.82) is 0 Å². The molecule has 1 saturated heterocycles. The fourth-order valence-electron chi connectivity index (χ4n) is 2.42. The monoisotopic (exact) mass is 214 g/mol. The van der Waals surface area contributed by atoms with E-state index < -0.39 is 0 Å². The maximum absolute atomic E-state index is 11.5. The van der Waals surface area contributed by atoms with Crippen LogP contribution in [0.4, 0.5) is 0 Å². The van der Waals surface area contributed by atoms with Crippen LogP contribution in [0.5, 0.6) is 0 Å². The summed E-state index contributed by atoms with van der Waals surface area (Å²) in [6.45, 7) is 1.31. The van der Waals surface area contributed by atoms with Crippen molar-refractivity contribution < 1.29 is 4.79 Å². The lowest BCUT2D eigenvalue weighted by Gasteiger charge is -2.34. The van der Waals surface area contributed by atoms with Crippen molar-refractivity contribution in [2.24, 2.45) is 0 Å². The Morgan fingerprint density at radius 3 is 3.00 bits per heavy atom. The predicted molar refractivity (Wildman–Crippen MR) is 59.3 cm³/mol. The fourth-order valence-corrected chi connectivity index (χ4v) is 3.24. The SMILES string of the molecule is CSC1CCCC(N2CNCC2=O)C1. The zero-order valence-electron chi connectivity index (χ0n) is 8.66. The first-order valence-electron chi connectivity index (χ1n) is 5.34. The molecule has 0 aromatic heterocycles. The van der Waals surface area contributed by atoms with Gasteiger partial charge in [-0.2, -0.15) is 11.8 Å². The van der Waals surface area contributed by atoms with E-state index in [9.17, 15) is 4.79 Å². The van der Waals surface area contributed by atoms with Gasteiger partial charge in [-0.25, -0.2) is 0 Å². The van der Waals surface area contributed by atoms with Crippen LogP contribution in [0.3, 0.4) is 0 Å². The van der Waals surface area contributed by atoms with E-state index in [1.54, 1.807) is 0 Å². The minimum absolute atomic E-state index is 0.289. The zero-order chi connectivity index (χ0) is 9.97. The molecule has 2 rings (SSSR count). The number of nitrogens with one attached hydrogen (secondary N) is 1. The smallest absolute Gasteiger partial charge is 0.237 e. The third kappa shape index (κ3) is 2.06. The molecule has 0 spiro atoms. The van der Waals surface area contributed by atoms with E-state index in [0.717, 1.165) is 11.9 Å². The van der Waals surface area contributed by atoms with E-state index in [-0.39, 0.29) is 5.91 Å². The molecule has 4 heteroatoms. The molecule has 2 aliphatic rings. The number of nitrogens with zero attached hydrogens (tertiary/aromatic N) is 1. The Kier molecular flexibility index (Phi) is 3.34. The first-order chi connectivity index (χ1) is 6.81. The Labute approximate surface area is 89.6 Å². The molecule has 3 nitrogen and oxygen atoms in total. The number of carbonyl (C=O) groups excluding carboxylic acids is 1. The van der Waals surface area contributed by atoms with Gasteiger partial charge in [0.25, 0.3) is 0 Å². The lowest BCUT2D eigenvalue weighted by Crippen LogP contribution is -2.41. The van der Waals surface area contributed by atoms with Crippen molar-refractivity contribution in [1.82, 2.24) is 10.2 Å². The lowest BCUT2D eigenvalue weighted by atomic mass is 9.94. The molecule has 1 N–H and O–H groups in total. The summed E-state index contributed by atoms with van der Waals surface area (Å²) in [5.41, 5.74) is 0. The van der Waals surface area contributed by atoms with Crippen LogP contribution in [-0.4, -0.2) is 41.6 Å². The van der Waals surface area contributed by atoms with Gasteiger partial charge in [0.1, 0.15) is 0 Å². The molecule has 0 bridgehead atoms. The molecular formula is C10H18N2OS. The molecule has 1 saturated carbocycles. The molecule has 2 fully saturated rings. The van der Waals surface area contributed by atoms with Crippen molar-refractivity contribution in [3.05, 3.63) is 0 Å². The highest BCUT2D eigenvalue weighted by Crippen LogP contribution is 2.30. The summed E-state index contributed by atoms with van der Waals surface area (Å²) in [7, 11) is 0. The van der Waals surface area contributed by atoms with Gasteiger partial charge < -0.3 is 4.90 Å². The van der Waals surface area contributed by atoms with Gasteiger partial charge in [-0.3, -0.25) is 10.1 Å². The minimum Gasteiger partial charge on any atom is -0.326 e. The standard InChI is InChI=1S/C10H18N2OS/c1-14-9-4-2-3-8(5-9)12-7-11-6-10(12)13/h8-9,11H,2-7H2,1H3. The number of thioether (sulfide) groups is 1. The van der Waals surface area contributed by atoms with Gasteiger partial charge in [0.15, 0.2) is 0 Å². The zero-order valence-corrected chi connectivity index (χ0v) is 9.48. The summed E-state index contributed by atoms with van der Waals surface area (Å²) >= 11 is 1.95. The number of hydrogen-bond donors (Lipinski definition) is 1. The predicted octanol–water partition coefficient (Wildman–Crippen LogP) is 1.05. The van der Waals surface area contributed by atoms with Gasteiger partial charge in [-0.1, -0.05) is 6.42 Å². The third-order valence-electron chi connectivity index (χ3n) is 3.25. The van der Waals surface area contributed by atoms with Gasteiger partial charge in [-0.05, 0) is 25.5 Å². The van der Waals surface area contributed by atoms with Crippen molar-refractivity contribution in [2.75, 3.05) is 19.5 Å². The number of amides is 1. The van der Waals surface area contributed by atoms with E-state index in [4.69, 9.17) is 0 Å². The summed E-state index contributed by atoms with van der Waals surface area (Å²) in [5, 5.41) is 3.89. The molecule has 0 aromatic carbocycles. The molecule has 1 aliphatic heterocycles. The van der Waals surface area contributed by atoms with Crippen molar-refractivity contribution >= 4 is 17.7 Å². The molecule has 14 heavy (non-hydrogen) atoms. The number of rotatable bonds is 2. The van der Waals surface area contributed by atoms with Gasteiger partial charge in [0, 0.05) is 11.3 Å². The van der Waals surface area contributed by atoms with Crippen molar-refractivity contribution in [2.45, 2.75) is 37.0 Å². The van der Waals surface area contributed by atoms with Crippen LogP contribution in [0.15, 0.2) is 0 Å². The highest BCUT2D eigenvalue weighted by Gasteiger charge is 2.31. The quantitative estimate of drug-likeness (QED) is 0.746. The molecule has 0 radical (unpaired) electrons. The second kappa shape index (κ2) is 4.53. The maximum Gasteiger partial charge on any atom is 0.237 e. The normalized spacial score (nSPS) is 33.8. The second-order valence-electron chi connectivity index (χ2n) is 4.13. The number of carbonyl (C=O) groups is 1. The molecule has 1 aliphatic carbocycles. The lowest BCUT2D eigenvalue weighted by molar-refractivity contribution is -0.129. The summed E-state index contributed by atoms with van der Waals surface area (Å²) in [5.74, 6) is 0.289. The van der Waals surface area contributed by atoms with E-state index in [1.807, 2.05) is 16.7 Å². The average molecular weight is 214 g/mol. The highest BCUT2D eigenvalue weighted by molar-refractivity contribution is 7.99. The Balaban J connectivity index is 1.93. The van der Waals surface area contributed by atoms with Crippen LogP contribution in [0.2, 0.25) is 0 Å². The third-order valence-corrected chi connectivity index (χ3v) is 4.35. The second-order valence-corrected chi connectivity index (χ2v) is 5.26. The Bertz CT molecular complexity index is 222. The first kappa shape index (κ1) is 10.3. The topological polar surface area (TPSA) is 32.3 Å². The van der Waals surface area contributed by atoms with E-state index >= 15 is 0 Å². The molecule has 1 heterocycles. The summed E-state index contributed by atoms with van der Waals surface area (Å²) < 4.78 is 0. The van der Waals surface area contributed by atoms with Crippen molar-refractivity contribution in [3.8, 4) is 0 Å². The average Bonchev–Trinajstić information content (AvgIpc) is 2.65. The Morgan fingerprint density at radius 1 is 1.50 bits per heavy atom. The Morgan fingerprint density at radius 2 is 2.36 bits per heavy atom. The van der Waals surface area contributed by atoms with Crippen LogP contribution >= 0.6 is 11.8 Å². The highest BCUT2D eigenvalue weighted by atomic mass is 32.2. The maximum atomic E-state index is 11.5. The van der Waals surface area contributed by atoms with Crippen LogP contribution in [0, 0.1) is 0 Å². The molecule has 1 amide bonds. The number of hydrogen-bond acceptors (Lipinski definition) is 3. The van der Waals surface area contributed by atoms with Crippen LogP contribution in [-0.2, 0) is 4.79 Å². The van der Waals surface area contributed by atoms with E-state index in [0.29, 0.717) is 12.6 Å². The van der Waals surface area contributed by atoms with Crippen LogP contribution < -0.4 is 5.32 Å². The Hall–Kier alpha value is -0.220. The molecule has 80 valence electrons.